The number of halogens is 2. The van der Waals surface area contributed by atoms with Gasteiger partial charge in [-0.2, -0.15) is 0 Å². The van der Waals surface area contributed by atoms with E-state index >= 15 is 0 Å². The second kappa shape index (κ2) is 11.2. The van der Waals surface area contributed by atoms with Crippen molar-refractivity contribution in [1.29, 1.82) is 0 Å². The fourth-order valence-corrected chi connectivity index (χ4v) is 5.44. The van der Waals surface area contributed by atoms with Gasteiger partial charge in [0.15, 0.2) is 5.82 Å². The maximum atomic E-state index is 14.9. The zero-order chi connectivity index (χ0) is 29.4. The van der Waals surface area contributed by atoms with E-state index < -0.39 is 5.82 Å². The molecule has 1 unspecified atom stereocenters. The van der Waals surface area contributed by atoms with Gasteiger partial charge in [-0.15, -0.1) is 0 Å². The number of nitrogens with one attached hydrogen (secondary N) is 2. The molecular weight excluding hydrogens is 561 g/mol. The maximum absolute atomic E-state index is 14.9. The molecule has 1 aliphatic heterocycles. The quantitative estimate of drug-likeness (QED) is 0.204. The molecule has 5 aromatic rings. The summed E-state index contributed by atoms with van der Waals surface area (Å²) < 4.78 is 27.4. The molecule has 0 saturated carbocycles. The molecule has 1 atom stereocenters. The Hall–Kier alpha value is -4.83. The zero-order valence-corrected chi connectivity index (χ0v) is 23.6. The molecular formula is C31H27ClFN5O4. The highest BCUT2D eigenvalue weighted by Gasteiger charge is 2.26. The summed E-state index contributed by atoms with van der Waals surface area (Å²) in [6, 6.07) is 17.2. The number of methoxy groups -OCH3 is 2. The van der Waals surface area contributed by atoms with Gasteiger partial charge in [0.1, 0.15) is 28.5 Å². The number of carbonyl (C=O) groups excluding carboxylic acids is 1. The maximum Gasteiger partial charge on any atom is 0.227 e. The van der Waals surface area contributed by atoms with E-state index in [4.69, 9.17) is 21.1 Å². The predicted octanol–water partition coefficient (Wildman–Crippen LogP) is 6.01. The van der Waals surface area contributed by atoms with Crippen LogP contribution in [-0.4, -0.2) is 46.3 Å². The average Bonchev–Trinajstić information content (AvgIpc) is 3.56. The first-order valence-electron chi connectivity index (χ1n) is 13.3. The average molecular weight is 588 g/mol. The first kappa shape index (κ1) is 27.3. The molecule has 2 aromatic heterocycles. The topological polar surface area (TPSA) is 111 Å². The Labute approximate surface area is 245 Å². The Balaban J connectivity index is 1.44. The summed E-state index contributed by atoms with van der Waals surface area (Å²) in [4.78, 5) is 21.3. The van der Waals surface area contributed by atoms with E-state index in [1.54, 1.807) is 37.1 Å². The van der Waals surface area contributed by atoms with Crippen LogP contribution in [-0.2, 0) is 11.3 Å². The Morgan fingerprint density at radius 2 is 1.93 bits per heavy atom. The number of anilines is 2. The zero-order valence-electron chi connectivity index (χ0n) is 22.8. The van der Waals surface area contributed by atoms with E-state index in [-0.39, 0.29) is 46.5 Å². The number of hydrogen-bond acceptors (Lipinski definition) is 7. The van der Waals surface area contributed by atoms with Crippen molar-refractivity contribution in [3.05, 3.63) is 88.8 Å². The van der Waals surface area contributed by atoms with Crippen LogP contribution in [0.4, 0.5) is 15.9 Å². The molecule has 0 spiro atoms. The van der Waals surface area contributed by atoms with Crippen molar-refractivity contribution >= 4 is 39.9 Å². The van der Waals surface area contributed by atoms with Gasteiger partial charge in [-0.05, 0) is 48.4 Å². The van der Waals surface area contributed by atoms with Crippen molar-refractivity contribution in [3.8, 4) is 28.8 Å². The number of aromatic nitrogens is 3. The predicted molar refractivity (Wildman–Crippen MR) is 158 cm³/mol. The summed E-state index contributed by atoms with van der Waals surface area (Å²) in [5, 5.41) is 18.0. The lowest BCUT2D eigenvalue weighted by Gasteiger charge is -2.13. The Bertz CT molecular complexity index is 1790. The number of ether oxygens (including phenoxy) is 2. The van der Waals surface area contributed by atoms with E-state index in [1.165, 1.54) is 12.1 Å². The lowest BCUT2D eigenvalue weighted by atomic mass is 9.97. The molecule has 0 bridgehead atoms. The molecule has 3 heterocycles. The van der Waals surface area contributed by atoms with Crippen molar-refractivity contribution < 1.29 is 23.8 Å². The molecule has 9 nitrogen and oxygen atoms in total. The van der Waals surface area contributed by atoms with Gasteiger partial charge in [0.25, 0.3) is 0 Å². The minimum absolute atomic E-state index is 0.0133. The van der Waals surface area contributed by atoms with Gasteiger partial charge in [0.05, 0.1) is 42.8 Å². The monoisotopic (exact) mass is 587 g/mol. The molecule has 42 heavy (non-hydrogen) atoms. The SMILES string of the molecule is COc1ccc(Cn2cc3nc(-c4c(F)cccc4Cl)nc(Nc4ccc(C5CCNC5=O)cc4)c3c2O)c(OC)c1. The number of hydrogen-bond donors (Lipinski definition) is 3. The Kier molecular flexibility index (Phi) is 7.30. The van der Waals surface area contributed by atoms with Gasteiger partial charge >= 0.3 is 0 Å². The number of fused-ring (bicyclic) bond motifs is 1. The summed E-state index contributed by atoms with van der Waals surface area (Å²) in [6.45, 7) is 0.908. The van der Waals surface area contributed by atoms with Crippen LogP contribution < -0.4 is 20.1 Å². The number of benzene rings is 3. The fourth-order valence-electron chi connectivity index (χ4n) is 5.19. The lowest BCUT2D eigenvalue weighted by molar-refractivity contribution is -0.120. The molecule has 0 aliphatic carbocycles. The molecule has 6 rings (SSSR count). The van der Waals surface area contributed by atoms with E-state index in [0.717, 1.165) is 17.5 Å². The van der Waals surface area contributed by atoms with Gasteiger partial charge < -0.3 is 29.8 Å². The number of aromatic hydroxyl groups is 1. The van der Waals surface area contributed by atoms with Crippen LogP contribution in [0.5, 0.6) is 17.4 Å². The molecule has 0 radical (unpaired) electrons. The summed E-state index contributed by atoms with van der Waals surface area (Å²) in [6.07, 6.45) is 2.41. The molecule has 1 amide bonds. The third-order valence-electron chi connectivity index (χ3n) is 7.36. The molecule has 3 N–H and O–H groups in total. The minimum Gasteiger partial charge on any atom is -0.497 e. The second-order valence-corrected chi connectivity index (χ2v) is 10.3. The van der Waals surface area contributed by atoms with E-state index in [0.29, 0.717) is 34.6 Å². The third kappa shape index (κ3) is 5.05. The van der Waals surface area contributed by atoms with Crippen molar-refractivity contribution in [2.45, 2.75) is 18.9 Å². The minimum atomic E-state index is -0.571. The van der Waals surface area contributed by atoms with Gasteiger partial charge in [0.2, 0.25) is 11.8 Å². The molecule has 1 saturated heterocycles. The summed E-state index contributed by atoms with van der Waals surface area (Å²) >= 11 is 6.37. The first-order chi connectivity index (χ1) is 20.4. The summed E-state index contributed by atoms with van der Waals surface area (Å²) in [5.41, 5.74) is 2.79. The van der Waals surface area contributed by atoms with Crippen LogP contribution in [0.3, 0.4) is 0 Å². The largest absolute Gasteiger partial charge is 0.497 e. The highest BCUT2D eigenvalue weighted by Crippen LogP contribution is 2.38. The van der Waals surface area contributed by atoms with E-state index in [9.17, 15) is 14.3 Å². The first-order valence-corrected chi connectivity index (χ1v) is 13.6. The summed E-state index contributed by atoms with van der Waals surface area (Å²) in [7, 11) is 3.14. The smallest absolute Gasteiger partial charge is 0.227 e. The van der Waals surface area contributed by atoms with Crippen LogP contribution >= 0.6 is 11.6 Å². The number of nitrogens with zero attached hydrogens (tertiary/aromatic N) is 3. The second-order valence-electron chi connectivity index (χ2n) is 9.89. The number of carbonyl (C=O) groups is 1. The van der Waals surface area contributed by atoms with Gasteiger partial charge in [-0.3, -0.25) is 4.79 Å². The van der Waals surface area contributed by atoms with Crippen molar-refractivity contribution in [2.75, 3.05) is 26.1 Å². The van der Waals surface area contributed by atoms with Crippen LogP contribution in [0, 0.1) is 5.82 Å². The van der Waals surface area contributed by atoms with E-state index in [1.807, 2.05) is 36.4 Å². The van der Waals surface area contributed by atoms with E-state index in [2.05, 4.69) is 20.6 Å². The van der Waals surface area contributed by atoms with Crippen LogP contribution in [0.1, 0.15) is 23.5 Å². The van der Waals surface area contributed by atoms with Gasteiger partial charge in [-0.25, -0.2) is 14.4 Å². The summed E-state index contributed by atoms with van der Waals surface area (Å²) in [5.74, 6) is 0.721. The van der Waals surface area contributed by atoms with Gasteiger partial charge in [-0.1, -0.05) is 29.8 Å². The van der Waals surface area contributed by atoms with Crippen molar-refractivity contribution in [3.63, 3.8) is 0 Å². The highest BCUT2D eigenvalue weighted by atomic mass is 35.5. The van der Waals surface area contributed by atoms with Crippen molar-refractivity contribution in [2.24, 2.45) is 0 Å². The third-order valence-corrected chi connectivity index (χ3v) is 7.67. The number of amides is 1. The fraction of sp³-hybridized carbons (Fsp3) is 0.194. The molecule has 11 heteroatoms. The van der Waals surface area contributed by atoms with Crippen LogP contribution in [0.25, 0.3) is 22.3 Å². The Morgan fingerprint density at radius 3 is 2.62 bits per heavy atom. The Morgan fingerprint density at radius 1 is 1.12 bits per heavy atom. The van der Waals surface area contributed by atoms with Crippen LogP contribution in [0.15, 0.2) is 66.9 Å². The molecule has 1 aliphatic rings. The standard InChI is InChI=1S/C31H27ClFN5O4/c1-41-20-11-8-18(25(14-20)42-2)15-38-16-24-27(31(38)40)29(37-28(36-24)26-22(32)4-3-5-23(26)33)35-19-9-6-17(7-10-19)21-12-13-34-30(21)39/h3-11,14,16,21,40H,12-13,15H2,1-2H3,(H,34,39)(H,35,36,37). The lowest BCUT2D eigenvalue weighted by Crippen LogP contribution is -2.17. The highest BCUT2D eigenvalue weighted by molar-refractivity contribution is 6.33. The molecule has 214 valence electrons. The van der Waals surface area contributed by atoms with Crippen molar-refractivity contribution in [1.82, 2.24) is 19.9 Å². The molecule has 1 fully saturated rings. The normalized spacial score (nSPS) is 14.7. The van der Waals surface area contributed by atoms with Crippen LogP contribution in [0.2, 0.25) is 5.02 Å². The number of rotatable bonds is 8. The molecule has 3 aromatic carbocycles. The van der Waals surface area contributed by atoms with Gasteiger partial charge in [0, 0.05) is 30.1 Å².